The smallest absolute Gasteiger partial charge is 0.419 e. The van der Waals surface area contributed by atoms with E-state index in [4.69, 9.17) is 4.74 Å². The molecule has 0 aromatic heterocycles. The molecule has 0 saturated heterocycles. The van der Waals surface area contributed by atoms with E-state index >= 15 is 0 Å². The average Bonchev–Trinajstić information content (AvgIpc) is 1.79. The largest absolute Gasteiger partial charge is 0.443 e. The minimum absolute atomic E-state index is 0.475. The van der Waals surface area contributed by atoms with Crippen molar-refractivity contribution in [1.29, 1.82) is 0 Å². The van der Waals surface area contributed by atoms with Crippen molar-refractivity contribution in [3.8, 4) is 0 Å². The summed E-state index contributed by atoms with van der Waals surface area (Å²) in [6.45, 7) is 10.6. The Morgan fingerprint density at radius 1 is 1.14 bits per heavy atom. The van der Waals surface area contributed by atoms with Crippen LogP contribution in [0.25, 0.3) is 0 Å². The van der Waals surface area contributed by atoms with Gasteiger partial charge in [-0.05, 0) is 41.5 Å². The molecule has 84 valence electrons. The minimum Gasteiger partial charge on any atom is -0.443 e. The average molecular weight is 221 g/mol. The fraction of sp³-hybridized carbons (Fsp3) is 0.889. The molecule has 4 nitrogen and oxygen atoms in total. The summed E-state index contributed by atoms with van der Waals surface area (Å²) in [6.07, 6.45) is -0.647. The van der Waals surface area contributed by atoms with Gasteiger partial charge in [0.25, 0.3) is 0 Å². The van der Waals surface area contributed by atoms with Crippen molar-refractivity contribution in [2.24, 2.45) is 0 Å². The molecule has 0 aromatic carbocycles. The first kappa shape index (κ1) is 13.4. The van der Waals surface area contributed by atoms with Crippen molar-refractivity contribution in [3.63, 3.8) is 0 Å². The summed E-state index contributed by atoms with van der Waals surface area (Å²) < 4.78 is 18.2. The fourth-order valence-corrected chi connectivity index (χ4v) is 1.03. The van der Waals surface area contributed by atoms with Crippen molar-refractivity contribution in [3.05, 3.63) is 0 Å². The van der Waals surface area contributed by atoms with Crippen LogP contribution in [-0.2, 0) is 15.7 Å². The first-order valence-corrected chi connectivity index (χ1v) is 5.59. The number of amides is 1. The van der Waals surface area contributed by atoms with Crippen LogP contribution >= 0.6 is 0 Å². The topological polar surface area (TPSA) is 55.4 Å². The number of ether oxygens (including phenoxy) is 1. The van der Waals surface area contributed by atoms with E-state index in [-0.39, 0.29) is 0 Å². The number of hydrogen-bond acceptors (Lipinski definition) is 3. The number of carbonyl (C=O) groups excluding carboxylic acids is 1. The zero-order valence-corrected chi connectivity index (χ0v) is 10.4. The molecule has 0 aliphatic heterocycles. The van der Waals surface area contributed by atoms with Crippen LogP contribution in [0.15, 0.2) is 0 Å². The van der Waals surface area contributed by atoms with Crippen LogP contribution in [0.5, 0.6) is 0 Å². The highest BCUT2D eigenvalue weighted by atomic mass is 32.2. The first-order valence-electron chi connectivity index (χ1n) is 4.44. The summed E-state index contributed by atoms with van der Waals surface area (Å²) in [7, 11) is -1.43. The monoisotopic (exact) mass is 221 g/mol. The van der Waals surface area contributed by atoms with Crippen LogP contribution in [0.2, 0.25) is 0 Å². The number of hydrogen-bond donors (Lipinski definition) is 1. The van der Waals surface area contributed by atoms with Crippen LogP contribution in [0.1, 0.15) is 41.5 Å². The quantitative estimate of drug-likeness (QED) is 0.736. The standard InChI is InChI=1S/C9H19NO3S/c1-8(2,3)13-7(11)10-14(12)9(4,5)6/h1-6H3,(H,10,11). The Kier molecular flexibility index (Phi) is 4.12. The Morgan fingerprint density at radius 2 is 1.57 bits per heavy atom. The Bertz CT molecular complexity index is 237. The SMILES string of the molecule is CC(C)(C)OC(=O)NS(=O)C(C)(C)C. The molecular formula is C9H19NO3S. The molecule has 1 unspecified atom stereocenters. The van der Waals surface area contributed by atoms with Crippen LogP contribution in [0, 0.1) is 0 Å². The fourth-order valence-electron chi connectivity index (χ4n) is 0.528. The molecule has 0 radical (unpaired) electrons. The third-order valence-electron chi connectivity index (χ3n) is 1.13. The van der Waals surface area contributed by atoms with Crippen LogP contribution in [0.3, 0.4) is 0 Å². The number of carbonyl (C=O) groups is 1. The predicted octanol–water partition coefficient (Wildman–Crippen LogP) is 1.97. The highest BCUT2D eigenvalue weighted by molar-refractivity contribution is 7.85. The van der Waals surface area contributed by atoms with E-state index in [1.807, 2.05) is 0 Å². The lowest BCUT2D eigenvalue weighted by molar-refractivity contribution is 0.0571. The Labute approximate surface area is 88.0 Å². The molecule has 0 heterocycles. The second kappa shape index (κ2) is 4.29. The molecule has 0 aliphatic rings. The van der Waals surface area contributed by atoms with E-state index in [2.05, 4.69) is 4.72 Å². The van der Waals surface area contributed by atoms with Crippen LogP contribution < -0.4 is 4.72 Å². The van der Waals surface area contributed by atoms with Gasteiger partial charge in [-0.3, -0.25) is 0 Å². The van der Waals surface area contributed by atoms with E-state index in [0.717, 1.165) is 0 Å². The molecule has 0 bridgehead atoms. The van der Waals surface area contributed by atoms with Crippen molar-refractivity contribution in [2.75, 3.05) is 0 Å². The third kappa shape index (κ3) is 5.96. The molecule has 5 heteroatoms. The van der Waals surface area contributed by atoms with Crippen LogP contribution in [0.4, 0.5) is 4.79 Å². The van der Waals surface area contributed by atoms with E-state index in [1.54, 1.807) is 41.5 Å². The van der Waals surface area contributed by atoms with Crippen molar-refractivity contribution < 1.29 is 13.7 Å². The van der Waals surface area contributed by atoms with Crippen molar-refractivity contribution in [2.45, 2.75) is 51.9 Å². The third-order valence-corrected chi connectivity index (χ3v) is 2.60. The Balaban J connectivity index is 4.16. The lowest BCUT2D eigenvalue weighted by Gasteiger charge is -2.22. The molecule has 1 atom stereocenters. The summed E-state index contributed by atoms with van der Waals surface area (Å²) in [5.41, 5.74) is -0.563. The maximum atomic E-state index is 11.5. The molecule has 1 amide bonds. The summed E-state index contributed by atoms with van der Waals surface area (Å²) >= 11 is 0. The number of nitrogens with one attached hydrogen (secondary N) is 1. The van der Waals surface area contributed by atoms with Gasteiger partial charge < -0.3 is 4.74 Å². The number of rotatable bonds is 1. The molecule has 0 fully saturated rings. The molecule has 0 spiro atoms. The van der Waals surface area contributed by atoms with Gasteiger partial charge in [0.1, 0.15) is 16.6 Å². The highest BCUT2D eigenvalue weighted by Gasteiger charge is 2.24. The molecule has 0 saturated carbocycles. The molecule has 0 rings (SSSR count). The van der Waals surface area contributed by atoms with E-state index in [9.17, 15) is 9.00 Å². The van der Waals surface area contributed by atoms with Gasteiger partial charge in [0, 0.05) is 0 Å². The molecule has 0 aliphatic carbocycles. The summed E-state index contributed by atoms with van der Waals surface area (Å²) in [5.74, 6) is 0. The predicted molar refractivity (Wildman–Crippen MR) is 57.3 cm³/mol. The molecule has 14 heavy (non-hydrogen) atoms. The van der Waals surface area contributed by atoms with Gasteiger partial charge in [0.05, 0.1) is 4.75 Å². The maximum absolute atomic E-state index is 11.5. The van der Waals surface area contributed by atoms with Gasteiger partial charge in [-0.1, -0.05) is 0 Å². The van der Waals surface area contributed by atoms with Crippen LogP contribution in [-0.4, -0.2) is 20.7 Å². The van der Waals surface area contributed by atoms with E-state index in [1.165, 1.54) is 0 Å². The summed E-state index contributed by atoms with van der Waals surface area (Å²) in [4.78, 5) is 11.2. The minimum atomic E-state index is -1.43. The zero-order chi connectivity index (χ0) is 11.6. The lowest BCUT2D eigenvalue weighted by Crippen LogP contribution is -2.40. The normalized spacial score (nSPS) is 14.7. The second-order valence-corrected chi connectivity index (χ2v) is 6.95. The summed E-state index contributed by atoms with van der Waals surface area (Å²) in [5, 5.41) is 0. The lowest BCUT2D eigenvalue weighted by atomic mass is 10.2. The van der Waals surface area contributed by atoms with E-state index in [0.29, 0.717) is 0 Å². The molecule has 0 aromatic rings. The molecule has 1 N–H and O–H groups in total. The molecular weight excluding hydrogens is 202 g/mol. The van der Waals surface area contributed by atoms with Gasteiger partial charge in [-0.15, -0.1) is 0 Å². The zero-order valence-electron chi connectivity index (χ0n) is 9.63. The van der Waals surface area contributed by atoms with E-state index < -0.39 is 27.4 Å². The van der Waals surface area contributed by atoms with Gasteiger partial charge in [0.2, 0.25) is 0 Å². The summed E-state index contributed by atoms with van der Waals surface area (Å²) in [6, 6.07) is 0. The van der Waals surface area contributed by atoms with Crippen molar-refractivity contribution in [1.82, 2.24) is 4.72 Å². The van der Waals surface area contributed by atoms with Gasteiger partial charge in [0.15, 0.2) is 0 Å². The first-order chi connectivity index (χ1) is 6.02. The Morgan fingerprint density at radius 3 is 1.86 bits per heavy atom. The van der Waals surface area contributed by atoms with Gasteiger partial charge >= 0.3 is 6.09 Å². The maximum Gasteiger partial charge on any atom is 0.419 e. The van der Waals surface area contributed by atoms with Crippen molar-refractivity contribution >= 4 is 17.1 Å². The second-order valence-electron chi connectivity index (χ2n) is 4.99. The van der Waals surface area contributed by atoms with Gasteiger partial charge in [-0.25, -0.2) is 13.7 Å². The highest BCUT2D eigenvalue weighted by Crippen LogP contribution is 2.11. The van der Waals surface area contributed by atoms with Gasteiger partial charge in [-0.2, -0.15) is 0 Å². The Hall–Kier alpha value is -0.580.